The lowest BCUT2D eigenvalue weighted by Crippen LogP contribution is -2.52. The van der Waals surface area contributed by atoms with Crippen molar-refractivity contribution in [3.63, 3.8) is 0 Å². The second kappa shape index (κ2) is 8.84. The van der Waals surface area contributed by atoms with Gasteiger partial charge in [0.15, 0.2) is 0 Å². The smallest absolute Gasteiger partial charge is 0.255 e. The van der Waals surface area contributed by atoms with Crippen LogP contribution in [0.1, 0.15) is 42.4 Å². The summed E-state index contributed by atoms with van der Waals surface area (Å²) in [5, 5.41) is 4.12. The molecule has 1 aromatic heterocycles. The summed E-state index contributed by atoms with van der Waals surface area (Å²) in [6, 6.07) is 14.7. The second-order valence-corrected chi connectivity index (χ2v) is 8.26. The molecular formula is C25H29N3O3. The van der Waals surface area contributed by atoms with E-state index >= 15 is 0 Å². The summed E-state index contributed by atoms with van der Waals surface area (Å²) in [6.07, 6.45) is 0.779. The summed E-state index contributed by atoms with van der Waals surface area (Å²) in [5.74, 6) is 0.146. The molecule has 0 radical (unpaired) electrons. The Balaban J connectivity index is 1.54. The van der Waals surface area contributed by atoms with Crippen molar-refractivity contribution in [3.8, 4) is 5.75 Å². The number of hydrogen-bond donors (Lipinski definition) is 2. The SMILES string of the molecule is CCOc1ccccc1C(=O)N[C@H](C(=O)N1CCc2[nH]c3ccccc3c2C1)C(C)C. The van der Waals surface area contributed by atoms with Crippen molar-refractivity contribution in [1.82, 2.24) is 15.2 Å². The molecule has 2 aromatic carbocycles. The fourth-order valence-corrected chi connectivity index (χ4v) is 4.22. The molecule has 3 aromatic rings. The van der Waals surface area contributed by atoms with Gasteiger partial charge in [-0.1, -0.05) is 44.2 Å². The molecule has 6 heteroatoms. The van der Waals surface area contributed by atoms with Crippen LogP contribution in [-0.4, -0.2) is 40.9 Å². The molecular weight excluding hydrogens is 390 g/mol. The predicted molar refractivity (Wildman–Crippen MR) is 121 cm³/mol. The van der Waals surface area contributed by atoms with Gasteiger partial charge < -0.3 is 19.9 Å². The summed E-state index contributed by atoms with van der Waals surface area (Å²) in [4.78, 5) is 31.8. The first-order valence-corrected chi connectivity index (χ1v) is 10.9. The molecule has 31 heavy (non-hydrogen) atoms. The van der Waals surface area contributed by atoms with E-state index in [-0.39, 0.29) is 17.7 Å². The lowest BCUT2D eigenvalue weighted by Gasteiger charge is -2.32. The highest BCUT2D eigenvalue weighted by molar-refractivity contribution is 5.99. The number of amides is 2. The van der Waals surface area contributed by atoms with Gasteiger partial charge in [-0.25, -0.2) is 0 Å². The van der Waals surface area contributed by atoms with Gasteiger partial charge in [-0.3, -0.25) is 9.59 Å². The van der Waals surface area contributed by atoms with Crippen LogP contribution in [0.15, 0.2) is 48.5 Å². The molecule has 0 saturated carbocycles. The first-order valence-electron chi connectivity index (χ1n) is 10.9. The molecule has 2 N–H and O–H groups in total. The number of benzene rings is 2. The lowest BCUT2D eigenvalue weighted by molar-refractivity contribution is -0.135. The van der Waals surface area contributed by atoms with E-state index in [4.69, 9.17) is 4.74 Å². The van der Waals surface area contributed by atoms with Gasteiger partial charge in [0.25, 0.3) is 5.91 Å². The molecule has 0 aliphatic carbocycles. The second-order valence-electron chi connectivity index (χ2n) is 8.26. The van der Waals surface area contributed by atoms with E-state index < -0.39 is 6.04 Å². The maximum atomic E-state index is 13.5. The number of ether oxygens (including phenoxy) is 1. The summed E-state index contributed by atoms with van der Waals surface area (Å²) in [6.45, 7) is 7.44. The summed E-state index contributed by atoms with van der Waals surface area (Å²) >= 11 is 0. The maximum Gasteiger partial charge on any atom is 0.255 e. The van der Waals surface area contributed by atoms with Gasteiger partial charge in [0.1, 0.15) is 11.8 Å². The van der Waals surface area contributed by atoms with E-state index in [0.717, 1.165) is 17.3 Å². The minimum absolute atomic E-state index is 0.0416. The number of carbonyl (C=O) groups is 2. The standard InChI is InChI=1S/C25H29N3O3/c1-4-31-22-12-8-6-10-18(22)24(29)27-23(16(2)3)25(30)28-14-13-21-19(15-28)17-9-5-7-11-20(17)26-21/h5-12,16,23,26H,4,13-15H2,1-3H3,(H,27,29)/t23-/m0/s1. The quantitative estimate of drug-likeness (QED) is 0.636. The zero-order valence-corrected chi connectivity index (χ0v) is 18.3. The maximum absolute atomic E-state index is 13.5. The van der Waals surface area contributed by atoms with E-state index in [0.29, 0.717) is 31.0 Å². The fourth-order valence-electron chi connectivity index (χ4n) is 4.22. The Labute approximate surface area is 182 Å². The first-order chi connectivity index (χ1) is 15.0. The third kappa shape index (κ3) is 4.15. The van der Waals surface area contributed by atoms with E-state index in [2.05, 4.69) is 22.4 Å². The molecule has 162 valence electrons. The first kappa shape index (κ1) is 21.0. The third-order valence-corrected chi connectivity index (χ3v) is 5.85. The predicted octanol–water partition coefficient (Wildman–Crippen LogP) is 3.91. The van der Waals surface area contributed by atoms with E-state index in [1.807, 2.05) is 43.9 Å². The highest BCUT2D eigenvalue weighted by Gasteiger charge is 2.32. The van der Waals surface area contributed by atoms with Gasteiger partial charge in [-0.15, -0.1) is 0 Å². The van der Waals surface area contributed by atoms with Crippen molar-refractivity contribution in [2.24, 2.45) is 5.92 Å². The fraction of sp³-hybridized carbons (Fsp3) is 0.360. The third-order valence-electron chi connectivity index (χ3n) is 5.85. The number of hydrogen-bond acceptors (Lipinski definition) is 3. The molecule has 0 fully saturated rings. The molecule has 6 nitrogen and oxygen atoms in total. The van der Waals surface area contributed by atoms with Gasteiger partial charge in [0.2, 0.25) is 5.91 Å². The van der Waals surface area contributed by atoms with Gasteiger partial charge in [0.05, 0.1) is 12.2 Å². The van der Waals surface area contributed by atoms with Crippen molar-refractivity contribution >= 4 is 22.7 Å². The molecule has 2 amide bonds. The van der Waals surface area contributed by atoms with Crippen LogP contribution < -0.4 is 10.1 Å². The van der Waals surface area contributed by atoms with Crippen LogP contribution in [0.25, 0.3) is 10.9 Å². The molecule has 1 aliphatic rings. The number of carbonyl (C=O) groups excluding carboxylic acids is 2. The Morgan fingerprint density at radius 2 is 1.87 bits per heavy atom. The number of aromatic amines is 1. The van der Waals surface area contributed by atoms with Crippen molar-refractivity contribution < 1.29 is 14.3 Å². The number of H-pyrrole nitrogens is 1. The van der Waals surface area contributed by atoms with E-state index in [9.17, 15) is 9.59 Å². The zero-order chi connectivity index (χ0) is 22.0. The molecule has 0 unspecified atom stereocenters. The molecule has 1 atom stereocenters. The number of fused-ring (bicyclic) bond motifs is 3. The average Bonchev–Trinajstić information content (AvgIpc) is 3.15. The van der Waals surface area contributed by atoms with Crippen molar-refractivity contribution in [2.45, 2.75) is 39.8 Å². The molecule has 1 aliphatic heterocycles. The van der Waals surface area contributed by atoms with Crippen LogP contribution in [0, 0.1) is 5.92 Å². The highest BCUT2D eigenvalue weighted by Crippen LogP contribution is 2.28. The van der Waals surface area contributed by atoms with Gasteiger partial charge in [-0.2, -0.15) is 0 Å². The lowest BCUT2D eigenvalue weighted by atomic mass is 9.99. The van der Waals surface area contributed by atoms with Crippen molar-refractivity contribution in [1.29, 1.82) is 0 Å². The Kier molecular flexibility index (Phi) is 5.98. The Morgan fingerprint density at radius 1 is 1.13 bits per heavy atom. The molecule has 0 saturated heterocycles. The number of para-hydroxylation sites is 2. The van der Waals surface area contributed by atoms with E-state index in [1.165, 1.54) is 11.3 Å². The van der Waals surface area contributed by atoms with Crippen LogP contribution in [0.4, 0.5) is 0 Å². The molecule has 2 heterocycles. The van der Waals surface area contributed by atoms with Crippen molar-refractivity contribution in [2.75, 3.05) is 13.2 Å². The number of nitrogens with one attached hydrogen (secondary N) is 2. The Hall–Kier alpha value is -3.28. The molecule has 4 rings (SSSR count). The minimum Gasteiger partial charge on any atom is -0.493 e. The van der Waals surface area contributed by atoms with Crippen LogP contribution in [-0.2, 0) is 17.8 Å². The number of aromatic nitrogens is 1. The van der Waals surface area contributed by atoms with Crippen molar-refractivity contribution in [3.05, 3.63) is 65.4 Å². The van der Waals surface area contributed by atoms with Gasteiger partial charge >= 0.3 is 0 Å². The van der Waals surface area contributed by atoms with Gasteiger partial charge in [0, 0.05) is 41.7 Å². The van der Waals surface area contributed by atoms with Crippen LogP contribution >= 0.6 is 0 Å². The largest absolute Gasteiger partial charge is 0.493 e. The van der Waals surface area contributed by atoms with Crippen LogP contribution in [0.3, 0.4) is 0 Å². The van der Waals surface area contributed by atoms with Crippen LogP contribution in [0.5, 0.6) is 5.75 Å². The molecule has 0 bridgehead atoms. The molecule has 0 spiro atoms. The monoisotopic (exact) mass is 419 g/mol. The van der Waals surface area contributed by atoms with Crippen LogP contribution in [0.2, 0.25) is 0 Å². The van der Waals surface area contributed by atoms with Gasteiger partial charge in [-0.05, 0) is 31.0 Å². The topological polar surface area (TPSA) is 74.4 Å². The minimum atomic E-state index is -0.603. The number of nitrogens with zero attached hydrogens (tertiary/aromatic N) is 1. The average molecular weight is 420 g/mol. The Bertz CT molecular complexity index is 1100. The zero-order valence-electron chi connectivity index (χ0n) is 18.3. The Morgan fingerprint density at radius 3 is 2.65 bits per heavy atom. The highest BCUT2D eigenvalue weighted by atomic mass is 16.5. The summed E-state index contributed by atoms with van der Waals surface area (Å²) in [7, 11) is 0. The summed E-state index contributed by atoms with van der Waals surface area (Å²) in [5.41, 5.74) is 3.91. The summed E-state index contributed by atoms with van der Waals surface area (Å²) < 4.78 is 5.59. The normalized spacial score (nSPS) is 14.4. The van der Waals surface area contributed by atoms with E-state index in [1.54, 1.807) is 18.2 Å². The number of rotatable bonds is 6.